The van der Waals surface area contributed by atoms with Gasteiger partial charge in [-0.05, 0) is 12.1 Å². The Morgan fingerprint density at radius 1 is 1.12 bits per heavy atom. The Hall–Kier alpha value is -1.35. The lowest BCUT2D eigenvalue weighted by Crippen LogP contribution is -2.11. The summed E-state index contributed by atoms with van der Waals surface area (Å²) in [6, 6.07) is 10.1. The third-order valence-corrected chi connectivity index (χ3v) is 3.06. The van der Waals surface area contributed by atoms with Gasteiger partial charge in [0, 0.05) is 16.5 Å². The smallest absolute Gasteiger partial charge is 0.187 e. The number of anilines is 2. The van der Waals surface area contributed by atoms with Gasteiger partial charge in [-0.25, -0.2) is 4.98 Å². The first-order valence-electron chi connectivity index (χ1n) is 5.34. The van der Waals surface area contributed by atoms with E-state index in [9.17, 15) is 0 Å². The van der Waals surface area contributed by atoms with E-state index in [0.29, 0.717) is 0 Å². The highest BCUT2D eigenvalue weighted by Gasteiger charge is 2.17. The molecule has 0 atom stereocenters. The van der Waals surface area contributed by atoms with Crippen molar-refractivity contribution in [1.29, 1.82) is 0 Å². The summed E-state index contributed by atoms with van der Waals surface area (Å²) in [7, 11) is 0. The SMILES string of the molecule is CC(C)(C)c1csc(Nc2ccccc2)n1. The van der Waals surface area contributed by atoms with E-state index in [2.05, 4.69) is 36.5 Å². The van der Waals surface area contributed by atoms with E-state index in [1.54, 1.807) is 11.3 Å². The lowest BCUT2D eigenvalue weighted by molar-refractivity contribution is 0.573. The van der Waals surface area contributed by atoms with E-state index in [-0.39, 0.29) is 5.41 Å². The van der Waals surface area contributed by atoms with Gasteiger partial charge in [-0.2, -0.15) is 0 Å². The van der Waals surface area contributed by atoms with Crippen LogP contribution in [0.5, 0.6) is 0 Å². The molecule has 3 heteroatoms. The third-order valence-electron chi connectivity index (χ3n) is 2.30. The third kappa shape index (κ3) is 2.61. The zero-order chi connectivity index (χ0) is 11.6. The zero-order valence-corrected chi connectivity index (χ0v) is 10.6. The molecule has 1 N–H and O–H groups in total. The summed E-state index contributed by atoms with van der Waals surface area (Å²) in [6.07, 6.45) is 0. The van der Waals surface area contributed by atoms with Crippen LogP contribution in [0, 0.1) is 0 Å². The Morgan fingerprint density at radius 2 is 1.81 bits per heavy atom. The highest BCUT2D eigenvalue weighted by Crippen LogP contribution is 2.27. The summed E-state index contributed by atoms with van der Waals surface area (Å²) in [6.45, 7) is 6.52. The van der Waals surface area contributed by atoms with E-state index < -0.39 is 0 Å². The van der Waals surface area contributed by atoms with E-state index in [0.717, 1.165) is 16.5 Å². The zero-order valence-electron chi connectivity index (χ0n) is 9.82. The molecule has 0 fully saturated rings. The summed E-state index contributed by atoms with van der Waals surface area (Å²) in [5.74, 6) is 0. The standard InChI is InChI=1S/C13H16N2S/c1-13(2,3)11-9-16-12(15-11)14-10-7-5-4-6-8-10/h4-9H,1-3H3,(H,14,15). The summed E-state index contributed by atoms with van der Waals surface area (Å²) in [5, 5.41) is 6.37. The summed E-state index contributed by atoms with van der Waals surface area (Å²) in [5.41, 5.74) is 2.33. The normalized spacial score (nSPS) is 11.4. The van der Waals surface area contributed by atoms with Crippen molar-refractivity contribution < 1.29 is 0 Å². The van der Waals surface area contributed by atoms with Gasteiger partial charge in [-0.1, -0.05) is 39.0 Å². The molecule has 84 valence electrons. The molecule has 2 nitrogen and oxygen atoms in total. The minimum atomic E-state index is 0.118. The van der Waals surface area contributed by atoms with Crippen LogP contribution in [0.15, 0.2) is 35.7 Å². The molecule has 1 aromatic carbocycles. The van der Waals surface area contributed by atoms with Crippen LogP contribution in [0.1, 0.15) is 26.5 Å². The molecular weight excluding hydrogens is 216 g/mol. The van der Waals surface area contributed by atoms with Crippen LogP contribution in [0.4, 0.5) is 10.8 Å². The van der Waals surface area contributed by atoms with Gasteiger partial charge >= 0.3 is 0 Å². The fourth-order valence-electron chi connectivity index (χ4n) is 1.32. The van der Waals surface area contributed by atoms with Crippen LogP contribution in [0.2, 0.25) is 0 Å². The summed E-state index contributed by atoms with van der Waals surface area (Å²) >= 11 is 1.65. The van der Waals surface area contributed by atoms with Crippen molar-refractivity contribution in [1.82, 2.24) is 4.98 Å². The summed E-state index contributed by atoms with van der Waals surface area (Å²) < 4.78 is 0. The average molecular weight is 232 g/mol. The molecule has 1 heterocycles. The quantitative estimate of drug-likeness (QED) is 0.840. The topological polar surface area (TPSA) is 24.9 Å². The number of para-hydroxylation sites is 1. The molecule has 0 spiro atoms. The second kappa shape index (κ2) is 4.26. The van der Waals surface area contributed by atoms with Crippen LogP contribution in [-0.4, -0.2) is 4.98 Å². The predicted molar refractivity (Wildman–Crippen MR) is 70.5 cm³/mol. The van der Waals surface area contributed by atoms with Gasteiger partial charge in [-0.15, -0.1) is 11.3 Å². The maximum Gasteiger partial charge on any atom is 0.187 e. The average Bonchev–Trinajstić information content (AvgIpc) is 2.67. The number of thiazole rings is 1. The first-order valence-corrected chi connectivity index (χ1v) is 6.22. The van der Waals surface area contributed by atoms with Crippen LogP contribution in [0.3, 0.4) is 0 Å². The minimum absolute atomic E-state index is 0.118. The number of hydrogen-bond acceptors (Lipinski definition) is 3. The van der Waals surface area contributed by atoms with Crippen LogP contribution in [0.25, 0.3) is 0 Å². The van der Waals surface area contributed by atoms with Crippen LogP contribution in [-0.2, 0) is 5.41 Å². The van der Waals surface area contributed by atoms with Crippen molar-refractivity contribution in [3.63, 3.8) is 0 Å². The molecule has 0 amide bonds. The van der Waals surface area contributed by atoms with E-state index >= 15 is 0 Å². The van der Waals surface area contributed by atoms with E-state index in [1.807, 2.05) is 30.3 Å². The van der Waals surface area contributed by atoms with Crippen molar-refractivity contribution in [3.8, 4) is 0 Å². The Kier molecular flexibility index (Phi) is 2.97. The number of nitrogens with zero attached hydrogens (tertiary/aromatic N) is 1. The molecule has 0 aliphatic heterocycles. The van der Waals surface area contributed by atoms with Crippen molar-refractivity contribution in [2.75, 3.05) is 5.32 Å². The Labute approximate surface area is 100 Å². The van der Waals surface area contributed by atoms with E-state index in [1.165, 1.54) is 0 Å². The second-order valence-electron chi connectivity index (χ2n) is 4.78. The Morgan fingerprint density at radius 3 is 2.38 bits per heavy atom. The van der Waals surface area contributed by atoms with Gasteiger partial charge in [0.2, 0.25) is 0 Å². The first kappa shape index (κ1) is 11.1. The molecule has 2 aromatic rings. The largest absolute Gasteiger partial charge is 0.332 e. The van der Waals surface area contributed by atoms with Crippen molar-refractivity contribution in [2.24, 2.45) is 0 Å². The molecular formula is C13H16N2S. The number of hydrogen-bond donors (Lipinski definition) is 1. The molecule has 0 radical (unpaired) electrons. The molecule has 0 aliphatic rings. The van der Waals surface area contributed by atoms with E-state index in [4.69, 9.17) is 0 Å². The van der Waals surface area contributed by atoms with Crippen LogP contribution >= 0.6 is 11.3 Å². The number of aromatic nitrogens is 1. The van der Waals surface area contributed by atoms with Crippen molar-refractivity contribution in [2.45, 2.75) is 26.2 Å². The fourth-order valence-corrected chi connectivity index (χ4v) is 2.28. The molecule has 2 rings (SSSR count). The van der Waals surface area contributed by atoms with Gasteiger partial charge in [0.25, 0.3) is 0 Å². The molecule has 1 aromatic heterocycles. The monoisotopic (exact) mass is 232 g/mol. The van der Waals surface area contributed by atoms with Gasteiger partial charge in [0.1, 0.15) is 0 Å². The Balaban J connectivity index is 2.15. The summed E-state index contributed by atoms with van der Waals surface area (Å²) in [4.78, 5) is 4.58. The van der Waals surface area contributed by atoms with Gasteiger partial charge in [0.15, 0.2) is 5.13 Å². The van der Waals surface area contributed by atoms with Crippen LogP contribution < -0.4 is 5.32 Å². The molecule has 0 bridgehead atoms. The maximum absolute atomic E-state index is 4.58. The first-order chi connectivity index (χ1) is 7.55. The van der Waals surface area contributed by atoms with Gasteiger partial charge in [0.05, 0.1) is 5.69 Å². The van der Waals surface area contributed by atoms with Crippen molar-refractivity contribution >= 4 is 22.2 Å². The molecule has 0 saturated heterocycles. The fraction of sp³-hybridized carbons (Fsp3) is 0.308. The molecule has 0 saturated carbocycles. The van der Waals surface area contributed by atoms with Gasteiger partial charge in [-0.3, -0.25) is 0 Å². The minimum Gasteiger partial charge on any atom is -0.332 e. The molecule has 16 heavy (non-hydrogen) atoms. The van der Waals surface area contributed by atoms with Gasteiger partial charge < -0.3 is 5.32 Å². The molecule has 0 aliphatic carbocycles. The number of nitrogens with one attached hydrogen (secondary N) is 1. The predicted octanol–water partition coefficient (Wildman–Crippen LogP) is 4.18. The second-order valence-corrected chi connectivity index (χ2v) is 5.64. The Bertz CT molecular complexity index is 454. The lowest BCUT2D eigenvalue weighted by atomic mass is 9.93. The highest BCUT2D eigenvalue weighted by molar-refractivity contribution is 7.13. The highest BCUT2D eigenvalue weighted by atomic mass is 32.1. The maximum atomic E-state index is 4.58. The molecule has 0 unspecified atom stereocenters. The van der Waals surface area contributed by atoms with Crippen molar-refractivity contribution in [3.05, 3.63) is 41.4 Å². The number of benzene rings is 1. The lowest BCUT2D eigenvalue weighted by Gasteiger charge is -2.14. The number of rotatable bonds is 2.